The van der Waals surface area contributed by atoms with Gasteiger partial charge in [0.05, 0.1) is 36.0 Å². The molecule has 31 heavy (non-hydrogen) atoms. The Labute approximate surface area is 179 Å². The summed E-state index contributed by atoms with van der Waals surface area (Å²) in [6.07, 6.45) is 6.27. The van der Waals surface area contributed by atoms with Gasteiger partial charge in [0, 0.05) is 17.8 Å². The van der Waals surface area contributed by atoms with Crippen LogP contribution in [0.4, 0.5) is 0 Å². The number of aromatic nitrogens is 1. The van der Waals surface area contributed by atoms with Gasteiger partial charge in [0.15, 0.2) is 0 Å². The van der Waals surface area contributed by atoms with E-state index in [0.717, 1.165) is 32.1 Å². The molecular formula is C23H23N3O5. The molecule has 160 valence electrons. The Bertz CT molecular complexity index is 1060. The number of nitrogens with zero attached hydrogens (tertiary/aromatic N) is 2. The van der Waals surface area contributed by atoms with E-state index in [1.807, 2.05) is 0 Å². The monoisotopic (exact) mass is 421 g/mol. The second-order valence-electron chi connectivity index (χ2n) is 7.74. The number of nitrogens with one attached hydrogen (secondary N) is 1. The highest BCUT2D eigenvalue weighted by Gasteiger charge is 2.40. The fourth-order valence-electron chi connectivity index (χ4n) is 4.16. The van der Waals surface area contributed by atoms with Crippen molar-refractivity contribution >= 4 is 23.7 Å². The van der Waals surface area contributed by atoms with Gasteiger partial charge < -0.3 is 10.1 Å². The molecule has 0 saturated heterocycles. The van der Waals surface area contributed by atoms with E-state index < -0.39 is 11.9 Å². The summed E-state index contributed by atoms with van der Waals surface area (Å²) in [6, 6.07) is 7.57. The number of benzene rings is 1. The third-order valence-corrected chi connectivity index (χ3v) is 5.79. The largest absolute Gasteiger partial charge is 0.465 e. The summed E-state index contributed by atoms with van der Waals surface area (Å²) in [4.78, 5) is 55.4. The molecule has 1 aromatic heterocycles. The number of ether oxygens (including phenoxy) is 1. The molecule has 0 radical (unpaired) electrons. The highest BCUT2D eigenvalue weighted by Crippen LogP contribution is 2.31. The van der Waals surface area contributed by atoms with Crippen molar-refractivity contribution in [1.29, 1.82) is 0 Å². The number of esters is 1. The summed E-state index contributed by atoms with van der Waals surface area (Å²) in [6.45, 7) is 0.0990. The molecule has 8 heteroatoms. The fourth-order valence-corrected chi connectivity index (χ4v) is 4.16. The lowest BCUT2D eigenvalue weighted by Crippen LogP contribution is -2.40. The molecule has 0 atom stereocenters. The van der Waals surface area contributed by atoms with Crippen LogP contribution in [-0.2, 0) is 11.3 Å². The van der Waals surface area contributed by atoms with E-state index in [9.17, 15) is 19.2 Å². The van der Waals surface area contributed by atoms with Gasteiger partial charge in [-0.05, 0) is 43.2 Å². The first-order valence-corrected chi connectivity index (χ1v) is 10.3. The van der Waals surface area contributed by atoms with Crippen LogP contribution in [0.15, 0.2) is 36.5 Å². The maximum atomic E-state index is 12.9. The van der Waals surface area contributed by atoms with Gasteiger partial charge in [0.25, 0.3) is 17.7 Å². The lowest BCUT2D eigenvalue weighted by molar-refractivity contribution is 0.0546. The van der Waals surface area contributed by atoms with Crippen LogP contribution in [0.3, 0.4) is 0 Å². The van der Waals surface area contributed by atoms with Crippen molar-refractivity contribution in [3.8, 4) is 0 Å². The molecule has 0 spiro atoms. The molecule has 1 aliphatic heterocycles. The van der Waals surface area contributed by atoms with E-state index in [1.165, 1.54) is 30.3 Å². The zero-order valence-corrected chi connectivity index (χ0v) is 17.2. The molecule has 1 N–H and O–H groups in total. The quantitative estimate of drug-likeness (QED) is 0.588. The Morgan fingerprint density at radius 3 is 2.52 bits per heavy atom. The minimum atomic E-state index is -0.487. The van der Waals surface area contributed by atoms with Crippen molar-refractivity contribution in [1.82, 2.24) is 15.2 Å². The Balaban J connectivity index is 1.47. The van der Waals surface area contributed by atoms with E-state index >= 15 is 0 Å². The molecule has 2 aliphatic rings. The highest BCUT2D eigenvalue weighted by atomic mass is 16.5. The number of imide groups is 1. The molecule has 3 amide bonds. The number of carbonyl (C=O) groups is 4. The summed E-state index contributed by atoms with van der Waals surface area (Å²) < 4.78 is 4.68. The molecule has 2 heterocycles. The zero-order valence-electron chi connectivity index (χ0n) is 17.2. The number of hydrogen-bond acceptors (Lipinski definition) is 6. The van der Waals surface area contributed by atoms with E-state index in [1.54, 1.807) is 18.2 Å². The van der Waals surface area contributed by atoms with Crippen LogP contribution in [0.2, 0.25) is 0 Å². The number of fused-ring (bicyclic) bond motifs is 1. The summed E-state index contributed by atoms with van der Waals surface area (Å²) in [5, 5.41) is 2.73. The van der Waals surface area contributed by atoms with E-state index in [-0.39, 0.29) is 35.5 Å². The van der Waals surface area contributed by atoms with Gasteiger partial charge >= 0.3 is 5.97 Å². The number of pyridine rings is 1. The number of amides is 3. The van der Waals surface area contributed by atoms with Crippen molar-refractivity contribution in [2.75, 3.05) is 7.11 Å². The Morgan fingerprint density at radius 2 is 1.77 bits per heavy atom. The van der Waals surface area contributed by atoms with Crippen LogP contribution in [0.1, 0.15) is 79.2 Å². The Hall–Kier alpha value is -3.55. The van der Waals surface area contributed by atoms with Crippen LogP contribution >= 0.6 is 0 Å². The molecular weight excluding hydrogens is 398 g/mol. The maximum absolute atomic E-state index is 12.9. The zero-order chi connectivity index (χ0) is 22.0. The predicted molar refractivity (Wildman–Crippen MR) is 111 cm³/mol. The first-order chi connectivity index (χ1) is 15.0. The van der Waals surface area contributed by atoms with Gasteiger partial charge in [-0.15, -0.1) is 0 Å². The standard InChI is InChI=1S/C23H23N3O5/c1-31-23(30)15-9-10-24-16(11-15)13-25-20(27)14-7-8-18-19(12-14)22(29)26(21(18)28)17-5-3-2-4-6-17/h7-12,17H,2-6,13H2,1H3,(H,25,27). The van der Waals surface area contributed by atoms with Gasteiger partial charge in [-0.3, -0.25) is 24.3 Å². The normalized spacial score (nSPS) is 16.2. The van der Waals surface area contributed by atoms with E-state index in [0.29, 0.717) is 16.8 Å². The van der Waals surface area contributed by atoms with Crippen LogP contribution in [0.5, 0.6) is 0 Å². The van der Waals surface area contributed by atoms with Crippen LogP contribution in [-0.4, -0.2) is 46.7 Å². The first-order valence-electron chi connectivity index (χ1n) is 10.3. The van der Waals surface area contributed by atoms with Gasteiger partial charge in [-0.2, -0.15) is 0 Å². The minimum absolute atomic E-state index is 0.0633. The van der Waals surface area contributed by atoms with Gasteiger partial charge in [0.1, 0.15) is 0 Å². The van der Waals surface area contributed by atoms with Crippen molar-refractivity contribution in [2.45, 2.75) is 44.7 Å². The smallest absolute Gasteiger partial charge is 0.337 e. The van der Waals surface area contributed by atoms with Gasteiger partial charge in [0.2, 0.25) is 0 Å². The van der Waals surface area contributed by atoms with Crippen molar-refractivity contribution in [3.05, 3.63) is 64.5 Å². The molecule has 1 aliphatic carbocycles. The van der Waals surface area contributed by atoms with Gasteiger partial charge in [-0.25, -0.2) is 4.79 Å². The van der Waals surface area contributed by atoms with Crippen LogP contribution in [0, 0.1) is 0 Å². The predicted octanol–water partition coefficient (Wildman–Crippen LogP) is 2.73. The molecule has 2 aromatic rings. The third-order valence-electron chi connectivity index (χ3n) is 5.79. The van der Waals surface area contributed by atoms with Crippen LogP contribution < -0.4 is 5.32 Å². The average Bonchev–Trinajstić information content (AvgIpc) is 3.07. The minimum Gasteiger partial charge on any atom is -0.465 e. The van der Waals surface area contributed by atoms with E-state index in [4.69, 9.17) is 0 Å². The Morgan fingerprint density at radius 1 is 1.03 bits per heavy atom. The number of methoxy groups -OCH3 is 1. The molecule has 1 aromatic carbocycles. The average molecular weight is 421 g/mol. The summed E-state index contributed by atoms with van der Waals surface area (Å²) in [7, 11) is 1.29. The number of rotatable bonds is 5. The Kier molecular flexibility index (Phi) is 5.79. The highest BCUT2D eigenvalue weighted by molar-refractivity contribution is 6.22. The SMILES string of the molecule is COC(=O)c1ccnc(CNC(=O)c2ccc3c(c2)C(=O)N(C2CCCCC2)C3=O)c1. The summed E-state index contributed by atoms with van der Waals surface area (Å²) in [5.74, 6) is -1.49. The maximum Gasteiger partial charge on any atom is 0.337 e. The molecule has 0 unspecified atom stereocenters. The lowest BCUT2D eigenvalue weighted by Gasteiger charge is -2.29. The van der Waals surface area contributed by atoms with Gasteiger partial charge in [-0.1, -0.05) is 19.3 Å². The molecule has 4 rings (SSSR count). The lowest BCUT2D eigenvalue weighted by atomic mass is 9.94. The van der Waals surface area contributed by atoms with Crippen LogP contribution in [0.25, 0.3) is 0 Å². The fraction of sp³-hybridized carbons (Fsp3) is 0.348. The summed E-state index contributed by atoms with van der Waals surface area (Å²) >= 11 is 0. The number of carbonyl (C=O) groups excluding carboxylic acids is 4. The molecule has 0 bridgehead atoms. The summed E-state index contributed by atoms with van der Waals surface area (Å²) in [5.41, 5.74) is 1.74. The second-order valence-corrected chi connectivity index (χ2v) is 7.74. The molecule has 8 nitrogen and oxygen atoms in total. The molecule has 1 fully saturated rings. The third kappa shape index (κ3) is 4.05. The topological polar surface area (TPSA) is 106 Å². The van der Waals surface area contributed by atoms with E-state index in [2.05, 4.69) is 15.0 Å². The first kappa shape index (κ1) is 20.7. The second kappa shape index (κ2) is 8.67. The van der Waals surface area contributed by atoms with Crippen molar-refractivity contribution < 1.29 is 23.9 Å². The molecule has 1 saturated carbocycles. The van der Waals surface area contributed by atoms with Crippen molar-refractivity contribution in [3.63, 3.8) is 0 Å². The van der Waals surface area contributed by atoms with Crippen molar-refractivity contribution in [2.24, 2.45) is 0 Å². The number of hydrogen-bond donors (Lipinski definition) is 1.